The summed E-state index contributed by atoms with van der Waals surface area (Å²) in [4.78, 5) is 0. The van der Waals surface area contributed by atoms with Crippen LogP contribution >= 0.6 is 0 Å². The van der Waals surface area contributed by atoms with E-state index in [1.54, 1.807) is 7.11 Å². The zero-order valence-corrected chi connectivity index (χ0v) is 24.2. The first-order chi connectivity index (χ1) is 20.4. The number of hydrogen-bond acceptors (Lipinski definition) is 5. The van der Waals surface area contributed by atoms with Crippen LogP contribution in [0.3, 0.4) is 0 Å². The third-order valence-corrected chi connectivity index (χ3v) is 6.45. The number of alkyl halides is 3. The molecular weight excluding hydrogens is 541 g/mol. The highest BCUT2D eigenvalue weighted by molar-refractivity contribution is 5.40. The van der Waals surface area contributed by atoms with Crippen molar-refractivity contribution in [2.45, 2.75) is 31.2 Å². The molecule has 0 radical (unpaired) electrons. The predicted molar refractivity (Wildman–Crippen MR) is 161 cm³/mol. The van der Waals surface area contributed by atoms with Gasteiger partial charge in [-0.15, -0.1) is 0 Å². The molecule has 4 aromatic carbocycles. The molecule has 224 valence electrons. The van der Waals surface area contributed by atoms with Crippen molar-refractivity contribution in [3.05, 3.63) is 126 Å². The Balaban J connectivity index is 0.000000231. The fourth-order valence-corrected chi connectivity index (χ4v) is 4.23. The highest BCUT2D eigenvalue weighted by Crippen LogP contribution is 2.33. The van der Waals surface area contributed by atoms with Crippen LogP contribution in [0.25, 0.3) is 0 Å². The first kappa shape index (κ1) is 32.5. The molecule has 8 heteroatoms. The van der Waals surface area contributed by atoms with Crippen molar-refractivity contribution >= 4 is 0 Å². The predicted octanol–water partition coefficient (Wildman–Crippen LogP) is 7.86. The second-order valence-electron chi connectivity index (χ2n) is 9.49. The maximum Gasteiger partial charge on any atom is 0.416 e. The van der Waals surface area contributed by atoms with E-state index in [1.165, 1.54) is 17.7 Å². The Bertz CT molecular complexity index is 1290. The Hall–Kier alpha value is -4.01. The lowest BCUT2D eigenvalue weighted by molar-refractivity contribution is -0.137. The SMILES string of the molecule is CNCCC(Oc1ccc(C(F)(F)F)cc1)c1ccccc1.CNCCC(Oc1ccccc1OC)c1ccccc1. The van der Waals surface area contributed by atoms with E-state index in [0.29, 0.717) is 5.75 Å². The molecule has 2 unspecified atom stereocenters. The van der Waals surface area contributed by atoms with Crippen LogP contribution in [0.2, 0.25) is 0 Å². The Labute approximate surface area is 246 Å². The number of methoxy groups -OCH3 is 1. The number of rotatable bonds is 13. The van der Waals surface area contributed by atoms with E-state index in [2.05, 4.69) is 22.8 Å². The van der Waals surface area contributed by atoms with Crippen molar-refractivity contribution in [3.63, 3.8) is 0 Å². The van der Waals surface area contributed by atoms with Gasteiger partial charge in [0.05, 0.1) is 12.7 Å². The summed E-state index contributed by atoms with van der Waals surface area (Å²) in [6, 6.07) is 32.5. The number of nitrogens with one attached hydrogen (secondary N) is 2. The van der Waals surface area contributed by atoms with Crippen molar-refractivity contribution in [2.75, 3.05) is 34.3 Å². The lowest BCUT2D eigenvalue weighted by Crippen LogP contribution is -2.16. The normalized spacial score (nSPS) is 12.4. The van der Waals surface area contributed by atoms with Gasteiger partial charge in [0, 0.05) is 12.8 Å². The third kappa shape index (κ3) is 10.4. The molecule has 0 fully saturated rings. The van der Waals surface area contributed by atoms with Gasteiger partial charge in [-0.25, -0.2) is 0 Å². The number of ether oxygens (including phenoxy) is 3. The fraction of sp³-hybridized carbons (Fsp3) is 0.294. The molecule has 0 saturated carbocycles. The summed E-state index contributed by atoms with van der Waals surface area (Å²) in [6.07, 6.45) is -2.89. The second-order valence-corrected chi connectivity index (χ2v) is 9.49. The van der Waals surface area contributed by atoms with E-state index in [1.807, 2.05) is 86.9 Å². The zero-order valence-electron chi connectivity index (χ0n) is 24.2. The van der Waals surface area contributed by atoms with Gasteiger partial charge in [-0.3, -0.25) is 0 Å². The summed E-state index contributed by atoms with van der Waals surface area (Å²) in [7, 11) is 5.46. The maximum absolute atomic E-state index is 12.6. The van der Waals surface area contributed by atoms with Crippen LogP contribution in [0.15, 0.2) is 109 Å². The molecule has 0 aliphatic rings. The summed E-state index contributed by atoms with van der Waals surface area (Å²) >= 11 is 0. The van der Waals surface area contributed by atoms with Gasteiger partial charge >= 0.3 is 6.18 Å². The van der Waals surface area contributed by atoms with Gasteiger partial charge in [-0.2, -0.15) is 13.2 Å². The molecule has 0 spiro atoms. The van der Waals surface area contributed by atoms with Crippen LogP contribution in [0.5, 0.6) is 17.2 Å². The van der Waals surface area contributed by atoms with E-state index in [9.17, 15) is 13.2 Å². The average molecular weight is 581 g/mol. The summed E-state index contributed by atoms with van der Waals surface area (Å²) in [5.41, 5.74) is 1.50. The summed E-state index contributed by atoms with van der Waals surface area (Å²) in [6.45, 7) is 1.65. The van der Waals surface area contributed by atoms with Crippen molar-refractivity contribution in [1.29, 1.82) is 0 Å². The first-order valence-corrected chi connectivity index (χ1v) is 13.9. The van der Waals surface area contributed by atoms with Crippen molar-refractivity contribution in [1.82, 2.24) is 10.6 Å². The molecule has 0 amide bonds. The van der Waals surface area contributed by atoms with Gasteiger partial charge in [0.1, 0.15) is 18.0 Å². The van der Waals surface area contributed by atoms with Crippen molar-refractivity contribution in [2.24, 2.45) is 0 Å². The molecular formula is C34H39F3N2O3. The summed E-state index contributed by atoms with van der Waals surface area (Å²) in [5, 5.41) is 6.23. The van der Waals surface area contributed by atoms with Gasteiger partial charge in [0.15, 0.2) is 11.5 Å². The Morgan fingerprint density at radius 2 is 1.05 bits per heavy atom. The third-order valence-electron chi connectivity index (χ3n) is 6.45. The van der Waals surface area contributed by atoms with E-state index in [4.69, 9.17) is 14.2 Å². The van der Waals surface area contributed by atoms with E-state index >= 15 is 0 Å². The van der Waals surface area contributed by atoms with Crippen molar-refractivity contribution in [3.8, 4) is 17.2 Å². The van der Waals surface area contributed by atoms with Crippen LogP contribution in [0.4, 0.5) is 13.2 Å². The van der Waals surface area contributed by atoms with E-state index in [-0.39, 0.29) is 12.2 Å². The van der Waals surface area contributed by atoms with Crippen LogP contribution in [-0.4, -0.2) is 34.3 Å². The molecule has 0 bridgehead atoms. The quantitative estimate of drug-likeness (QED) is 0.169. The number of benzene rings is 4. The standard InChI is InChI=1S/C17H18F3NO.C17H21NO2/c1-21-12-11-16(13-5-3-2-4-6-13)22-15-9-7-14(8-10-15)17(18,19)20;1-18-13-12-15(14-8-4-3-5-9-14)20-17-11-7-6-10-16(17)19-2/h2-10,16,21H,11-12H2,1H3;3-11,15,18H,12-13H2,1-2H3. The molecule has 2 N–H and O–H groups in total. The lowest BCUT2D eigenvalue weighted by Gasteiger charge is -2.21. The number of hydrogen-bond donors (Lipinski definition) is 2. The molecule has 0 heterocycles. The van der Waals surface area contributed by atoms with Gasteiger partial charge in [-0.1, -0.05) is 72.8 Å². The second kappa shape index (κ2) is 17.1. The van der Waals surface area contributed by atoms with Gasteiger partial charge in [0.2, 0.25) is 0 Å². The molecule has 0 saturated heterocycles. The molecule has 0 aliphatic carbocycles. The maximum atomic E-state index is 12.6. The van der Waals surface area contributed by atoms with Gasteiger partial charge in [0.25, 0.3) is 0 Å². The molecule has 42 heavy (non-hydrogen) atoms. The Morgan fingerprint density at radius 1 is 0.595 bits per heavy atom. The van der Waals surface area contributed by atoms with Gasteiger partial charge < -0.3 is 24.8 Å². The molecule has 2 atom stereocenters. The highest BCUT2D eigenvalue weighted by Gasteiger charge is 2.30. The van der Waals surface area contributed by atoms with Crippen LogP contribution in [-0.2, 0) is 6.18 Å². The van der Waals surface area contributed by atoms with Crippen molar-refractivity contribution < 1.29 is 27.4 Å². The topological polar surface area (TPSA) is 51.8 Å². The lowest BCUT2D eigenvalue weighted by atomic mass is 10.1. The average Bonchev–Trinajstić information content (AvgIpc) is 3.02. The van der Waals surface area contributed by atoms with E-state index in [0.717, 1.165) is 55.1 Å². The Morgan fingerprint density at radius 3 is 1.50 bits per heavy atom. The van der Waals surface area contributed by atoms with E-state index < -0.39 is 11.7 Å². The smallest absolute Gasteiger partial charge is 0.416 e. The number of halogens is 3. The monoisotopic (exact) mass is 580 g/mol. The Kier molecular flexibility index (Phi) is 13.2. The minimum Gasteiger partial charge on any atom is -0.493 e. The molecule has 4 rings (SSSR count). The van der Waals surface area contributed by atoms with Crippen LogP contribution < -0.4 is 24.8 Å². The summed E-state index contributed by atoms with van der Waals surface area (Å²) in [5.74, 6) is 1.97. The number of para-hydroxylation sites is 2. The van der Waals surface area contributed by atoms with Crippen LogP contribution in [0.1, 0.15) is 41.7 Å². The highest BCUT2D eigenvalue weighted by atomic mass is 19.4. The van der Waals surface area contributed by atoms with Crippen LogP contribution in [0, 0.1) is 0 Å². The molecule has 0 aromatic heterocycles. The molecule has 0 aliphatic heterocycles. The first-order valence-electron chi connectivity index (χ1n) is 13.9. The molecule has 5 nitrogen and oxygen atoms in total. The minimum absolute atomic E-state index is 0.0138. The zero-order chi connectivity index (χ0) is 30.2. The molecule has 4 aromatic rings. The summed E-state index contributed by atoms with van der Waals surface area (Å²) < 4.78 is 55.1. The minimum atomic E-state index is -4.33. The largest absolute Gasteiger partial charge is 0.493 e. The fourth-order valence-electron chi connectivity index (χ4n) is 4.23. The van der Waals surface area contributed by atoms with Gasteiger partial charge in [-0.05, 0) is 74.7 Å².